The van der Waals surface area contributed by atoms with Gasteiger partial charge in [0.1, 0.15) is 5.82 Å². The van der Waals surface area contributed by atoms with Gasteiger partial charge in [0.25, 0.3) is 0 Å². The Morgan fingerprint density at radius 1 is 1.53 bits per heavy atom. The molecule has 106 valence electrons. The van der Waals surface area contributed by atoms with Gasteiger partial charge in [-0.15, -0.1) is 6.58 Å². The third-order valence-electron chi connectivity index (χ3n) is 2.62. The topological polar surface area (TPSA) is 63.4 Å². The number of hydrogen-bond donors (Lipinski definition) is 1. The van der Waals surface area contributed by atoms with Crippen LogP contribution in [0.2, 0.25) is 0 Å². The maximum Gasteiger partial charge on any atom is 0.244 e. The number of unbranched alkanes of at least 4 members (excludes halogenated alkanes) is 1. The van der Waals surface area contributed by atoms with Gasteiger partial charge < -0.3 is 5.73 Å². The minimum atomic E-state index is -3.68. The average Bonchev–Trinajstić information content (AvgIpc) is 2.33. The third kappa shape index (κ3) is 3.77. The largest absolute Gasteiger partial charge is 0.396 e. The first-order chi connectivity index (χ1) is 8.80. The molecule has 0 amide bonds. The molecule has 0 aliphatic heterocycles. The molecule has 4 nitrogen and oxygen atoms in total. The molecule has 19 heavy (non-hydrogen) atoms. The Balaban J connectivity index is 3.06. The van der Waals surface area contributed by atoms with Gasteiger partial charge in [0.15, 0.2) is 0 Å². The minimum absolute atomic E-state index is 0.0347. The van der Waals surface area contributed by atoms with Crippen LogP contribution in [0.25, 0.3) is 0 Å². The van der Waals surface area contributed by atoms with Gasteiger partial charge in [-0.05, 0) is 40.9 Å². The Bertz CT molecular complexity index is 575. The first kappa shape index (κ1) is 16.1. The van der Waals surface area contributed by atoms with E-state index in [9.17, 15) is 12.8 Å². The molecular formula is C12H16BrFN2O2S. The van der Waals surface area contributed by atoms with Crippen molar-refractivity contribution in [1.29, 1.82) is 0 Å². The van der Waals surface area contributed by atoms with Crippen LogP contribution >= 0.6 is 15.9 Å². The fraction of sp³-hybridized carbons (Fsp3) is 0.333. The molecule has 1 aromatic rings. The highest BCUT2D eigenvalue weighted by atomic mass is 79.9. The Morgan fingerprint density at radius 3 is 2.74 bits per heavy atom. The number of nitrogen functional groups attached to an aromatic ring is 1. The van der Waals surface area contributed by atoms with E-state index >= 15 is 0 Å². The Kier molecular flexibility index (Phi) is 5.51. The van der Waals surface area contributed by atoms with Crippen molar-refractivity contribution in [2.24, 2.45) is 0 Å². The molecule has 0 heterocycles. The number of benzene rings is 1. The van der Waals surface area contributed by atoms with E-state index < -0.39 is 15.8 Å². The molecule has 0 bridgehead atoms. The van der Waals surface area contributed by atoms with E-state index in [2.05, 4.69) is 22.5 Å². The molecule has 0 aliphatic rings. The number of halogens is 2. The van der Waals surface area contributed by atoms with Gasteiger partial charge in [-0.3, -0.25) is 0 Å². The van der Waals surface area contributed by atoms with Crippen LogP contribution in [0.5, 0.6) is 0 Å². The van der Waals surface area contributed by atoms with Gasteiger partial charge >= 0.3 is 0 Å². The molecule has 0 aliphatic carbocycles. The SMILES string of the molecule is C=CCCCN(C)S(=O)(=O)c1cc(N)c(F)cc1Br. The summed E-state index contributed by atoms with van der Waals surface area (Å²) in [6.07, 6.45) is 3.13. The summed E-state index contributed by atoms with van der Waals surface area (Å²) in [6.45, 7) is 3.94. The number of anilines is 1. The maximum atomic E-state index is 13.2. The molecule has 1 rings (SSSR count). The van der Waals surface area contributed by atoms with Gasteiger partial charge in [0.05, 0.1) is 10.6 Å². The summed E-state index contributed by atoms with van der Waals surface area (Å²) in [5, 5.41) is 0. The van der Waals surface area contributed by atoms with Gasteiger partial charge in [-0.25, -0.2) is 17.1 Å². The standard InChI is InChI=1S/C12H16BrFN2O2S/c1-3-4-5-6-16(2)19(17,18)12-8-11(15)10(14)7-9(12)13/h3,7-8H,1,4-6,15H2,2H3. The molecule has 0 spiro atoms. The molecule has 2 N–H and O–H groups in total. The minimum Gasteiger partial charge on any atom is -0.396 e. The van der Waals surface area contributed by atoms with Crippen LogP contribution < -0.4 is 5.73 Å². The second-order valence-corrected chi connectivity index (χ2v) is 6.93. The number of nitrogens with zero attached hydrogens (tertiary/aromatic N) is 1. The number of sulfonamides is 1. The van der Waals surface area contributed by atoms with Gasteiger partial charge in [-0.2, -0.15) is 0 Å². The number of rotatable bonds is 6. The summed E-state index contributed by atoms with van der Waals surface area (Å²) >= 11 is 3.05. The van der Waals surface area contributed by atoms with Crippen molar-refractivity contribution in [3.63, 3.8) is 0 Å². The Labute approximate surface area is 121 Å². The highest BCUT2D eigenvalue weighted by Gasteiger charge is 2.24. The molecule has 0 unspecified atom stereocenters. The quantitative estimate of drug-likeness (QED) is 0.487. The van der Waals surface area contributed by atoms with Crippen molar-refractivity contribution in [3.05, 3.63) is 35.1 Å². The van der Waals surface area contributed by atoms with E-state index in [1.165, 1.54) is 11.4 Å². The highest BCUT2D eigenvalue weighted by molar-refractivity contribution is 9.10. The van der Waals surface area contributed by atoms with E-state index in [4.69, 9.17) is 5.73 Å². The second-order valence-electron chi connectivity index (χ2n) is 4.06. The monoisotopic (exact) mass is 350 g/mol. The lowest BCUT2D eigenvalue weighted by Gasteiger charge is -2.18. The lowest BCUT2D eigenvalue weighted by molar-refractivity contribution is 0.462. The van der Waals surface area contributed by atoms with Crippen molar-refractivity contribution in [2.75, 3.05) is 19.3 Å². The maximum absolute atomic E-state index is 13.2. The Hall–Kier alpha value is -0.920. The van der Waals surface area contributed by atoms with Gasteiger partial charge in [0.2, 0.25) is 10.0 Å². The summed E-state index contributed by atoms with van der Waals surface area (Å²) in [7, 11) is -2.21. The number of allylic oxidation sites excluding steroid dienone is 1. The molecule has 1 aromatic carbocycles. The van der Waals surface area contributed by atoms with E-state index in [1.54, 1.807) is 6.08 Å². The summed E-state index contributed by atoms with van der Waals surface area (Å²) in [5.41, 5.74) is 5.22. The van der Waals surface area contributed by atoms with Crippen molar-refractivity contribution < 1.29 is 12.8 Å². The Morgan fingerprint density at radius 2 is 2.16 bits per heavy atom. The normalized spacial score (nSPS) is 11.8. The zero-order chi connectivity index (χ0) is 14.6. The average molecular weight is 351 g/mol. The van der Waals surface area contributed by atoms with Crippen molar-refractivity contribution >= 4 is 31.6 Å². The first-order valence-corrected chi connectivity index (χ1v) is 7.85. The lowest BCUT2D eigenvalue weighted by Crippen LogP contribution is -2.28. The zero-order valence-electron chi connectivity index (χ0n) is 10.6. The van der Waals surface area contributed by atoms with Crippen molar-refractivity contribution in [3.8, 4) is 0 Å². The van der Waals surface area contributed by atoms with Crippen molar-refractivity contribution in [2.45, 2.75) is 17.7 Å². The van der Waals surface area contributed by atoms with Crippen LogP contribution in [0.4, 0.5) is 10.1 Å². The van der Waals surface area contributed by atoms with Gasteiger partial charge in [-0.1, -0.05) is 6.08 Å². The predicted octanol–water partition coefficient (Wildman–Crippen LogP) is 2.76. The molecular weight excluding hydrogens is 335 g/mol. The summed E-state index contributed by atoms with van der Waals surface area (Å²) < 4.78 is 39.2. The molecule has 0 atom stereocenters. The molecule has 0 aromatic heterocycles. The summed E-state index contributed by atoms with van der Waals surface area (Å²) in [6, 6.07) is 2.18. The third-order valence-corrected chi connectivity index (χ3v) is 5.44. The van der Waals surface area contributed by atoms with E-state index in [0.29, 0.717) is 13.0 Å². The van der Waals surface area contributed by atoms with Gasteiger partial charge in [0, 0.05) is 18.1 Å². The molecule has 0 saturated carbocycles. The van der Waals surface area contributed by atoms with Crippen LogP contribution in [-0.2, 0) is 10.0 Å². The highest BCUT2D eigenvalue weighted by Crippen LogP contribution is 2.28. The van der Waals surface area contributed by atoms with E-state index in [0.717, 1.165) is 18.6 Å². The summed E-state index contributed by atoms with van der Waals surface area (Å²) in [5.74, 6) is -0.653. The van der Waals surface area contributed by atoms with E-state index in [1.807, 2.05) is 0 Å². The van der Waals surface area contributed by atoms with Crippen LogP contribution in [0.1, 0.15) is 12.8 Å². The van der Waals surface area contributed by atoms with Crippen LogP contribution in [-0.4, -0.2) is 26.3 Å². The van der Waals surface area contributed by atoms with Crippen LogP contribution in [0, 0.1) is 5.82 Å². The zero-order valence-corrected chi connectivity index (χ0v) is 13.0. The summed E-state index contributed by atoms with van der Waals surface area (Å²) in [4.78, 5) is -0.0347. The predicted molar refractivity (Wildman–Crippen MR) is 77.8 cm³/mol. The number of nitrogens with two attached hydrogens (primary N) is 1. The smallest absolute Gasteiger partial charge is 0.244 e. The van der Waals surface area contributed by atoms with Crippen molar-refractivity contribution in [1.82, 2.24) is 4.31 Å². The molecule has 0 saturated heterocycles. The molecule has 7 heteroatoms. The fourth-order valence-corrected chi connectivity index (χ4v) is 3.70. The van der Waals surface area contributed by atoms with Crippen LogP contribution in [0.15, 0.2) is 34.2 Å². The lowest BCUT2D eigenvalue weighted by atomic mass is 10.3. The van der Waals surface area contributed by atoms with E-state index in [-0.39, 0.29) is 15.1 Å². The molecule has 0 radical (unpaired) electrons. The first-order valence-electron chi connectivity index (χ1n) is 5.62. The second kappa shape index (κ2) is 6.49. The fourth-order valence-electron chi connectivity index (χ4n) is 1.49. The van der Waals surface area contributed by atoms with Crippen LogP contribution in [0.3, 0.4) is 0 Å². The number of hydrogen-bond acceptors (Lipinski definition) is 3. The molecule has 0 fully saturated rings.